The Balaban J connectivity index is 1.74. The Kier molecular flexibility index (Phi) is 5.71. The summed E-state index contributed by atoms with van der Waals surface area (Å²) in [6.45, 7) is 4.34. The minimum atomic E-state index is -0.344. The molecule has 4 rings (SSSR count). The van der Waals surface area contributed by atoms with Crippen LogP contribution in [0.15, 0.2) is 72.9 Å². The van der Waals surface area contributed by atoms with Crippen LogP contribution in [-0.4, -0.2) is 34.0 Å². The van der Waals surface area contributed by atoms with Gasteiger partial charge in [0.1, 0.15) is 0 Å². The molecule has 1 aromatic carbocycles. The molecule has 158 valence electrons. The first-order chi connectivity index (χ1) is 15.1. The molecule has 31 heavy (non-hydrogen) atoms. The molecule has 0 aliphatic carbocycles. The summed E-state index contributed by atoms with van der Waals surface area (Å²) < 4.78 is 12.6. The normalized spacial score (nSPS) is 12.9. The van der Waals surface area contributed by atoms with E-state index in [-0.39, 0.29) is 5.41 Å². The standard InChI is InChI=1S/C25H26N4O2/c1-5-25(2,22-16-17-29(28-22)18-10-7-6-8-11-18)21-13-9-12-20(26-21)19-14-15-23(30-3)27-24(19)31-4/h6-17H,5H2,1-4H3. The van der Waals surface area contributed by atoms with Crippen LogP contribution in [0, 0.1) is 0 Å². The molecule has 1 unspecified atom stereocenters. The lowest BCUT2D eigenvalue weighted by molar-refractivity contribution is 0.365. The molecule has 3 heterocycles. The largest absolute Gasteiger partial charge is 0.481 e. The summed E-state index contributed by atoms with van der Waals surface area (Å²) in [6.07, 6.45) is 2.85. The molecule has 0 aliphatic rings. The lowest BCUT2D eigenvalue weighted by atomic mass is 9.80. The molecule has 1 atom stereocenters. The molecule has 0 fully saturated rings. The third-order valence-electron chi connectivity index (χ3n) is 5.71. The van der Waals surface area contributed by atoms with Crippen molar-refractivity contribution in [3.63, 3.8) is 0 Å². The predicted molar refractivity (Wildman–Crippen MR) is 121 cm³/mol. The summed E-state index contributed by atoms with van der Waals surface area (Å²) in [7, 11) is 3.18. The van der Waals surface area contributed by atoms with Gasteiger partial charge >= 0.3 is 0 Å². The van der Waals surface area contributed by atoms with Crippen LogP contribution in [0.3, 0.4) is 0 Å². The molecule has 0 amide bonds. The Morgan fingerprint density at radius 2 is 1.65 bits per heavy atom. The van der Waals surface area contributed by atoms with Gasteiger partial charge in [0.15, 0.2) is 0 Å². The molecule has 0 N–H and O–H groups in total. The van der Waals surface area contributed by atoms with E-state index in [1.54, 1.807) is 14.2 Å². The van der Waals surface area contributed by atoms with E-state index in [1.807, 2.05) is 65.5 Å². The van der Waals surface area contributed by atoms with Crippen LogP contribution in [0.25, 0.3) is 16.9 Å². The van der Waals surface area contributed by atoms with Crippen molar-refractivity contribution in [2.45, 2.75) is 25.7 Å². The third kappa shape index (κ3) is 3.89. The van der Waals surface area contributed by atoms with E-state index in [2.05, 4.69) is 31.0 Å². The summed E-state index contributed by atoms with van der Waals surface area (Å²) in [5.74, 6) is 0.983. The Morgan fingerprint density at radius 3 is 2.35 bits per heavy atom. The zero-order valence-electron chi connectivity index (χ0n) is 18.2. The fourth-order valence-corrected chi connectivity index (χ4v) is 3.62. The Morgan fingerprint density at radius 1 is 0.839 bits per heavy atom. The van der Waals surface area contributed by atoms with Gasteiger partial charge in [-0.15, -0.1) is 0 Å². The Hall–Kier alpha value is -3.67. The molecule has 6 nitrogen and oxygen atoms in total. The SMILES string of the molecule is CCC(C)(c1cccc(-c2ccc(OC)nc2OC)n1)c1ccn(-c2ccccc2)n1. The highest BCUT2D eigenvalue weighted by molar-refractivity contribution is 5.66. The minimum absolute atomic E-state index is 0.344. The number of benzene rings is 1. The zero-order chi connectivity index (χ0) is 21.8. The topological polar surface area (TPSA) is 62.1 Å². The second kappa shape index (κ2) is 8.60. The summed E-state index contributed by atoms with van der Waals surface area (Å²) in [4.78, 5) is 9.39. The highest BCUT2D eigenvalue weighted by Crippen LogP contribution is 2.36. The number of pyridine rings is 2. The van der Waals surface area contributed by atoms with Gasteiger partial charge in [0, 0.05) is 12.3 Å². The van der Waals surface area contributed by atoms with Crippen LogP contribution in [0.5, 0.6) is 11.8 Å². The molecule has 0 saturated carbocycles. The lowest BCUT2D eigenvalue weighted by Crippen LogP contribution is -2.25. The Bertz CT molecular complexity index is 1170. The van der Waals surface area contributed by atoms with E-state index >= 15 is 0 Å². The van der Waals surface area contributed by atoms with Gasteiger partial charge in [-0.2, -0.15) is 10.1 Å². The number of para-hydroxylation sites is 1. The zero-order valence-corrected chi connectivity index (χ0v) is 18.2. The van der Waals surface area contributed by atoms with E-state index in [9.17, 15) is 0 Å². The van der Waals surface area contributed by atoms with Crippen molar-refractivity contribution in [2.24, 2.45) is 0 Å². The van der Waals surface area contributed by atoms with Crippen molar-refractivity contribution >= 4 is 0 Å². The highest BCUT2D eigenvalue weighted by Gasteiger charge is 2.31. The number of aromatic nitrogens is 4. The first kappa shape index (κ1) is 20.6. The summed E-state index contributed by atoms with van der Waals surface area (Å²) >= 11 is 0. The monoisotopic (exact) mass is 414 g/mol. The van der Waals surface area contributed by atoms with Gasteiger partial charge in [-0.1, -0.05) is 31.2 Å². The predicted octanol–water partition coefficient (Wildman–Crippen LogP) is 5.06. The number of hydrogen-bond acceptors (Lipinski definition) is 5. The average Bonchev–Trinajstić information content (AvgIpc) is 3.34. The van der Waals surface area contributed by atoms with Gasteiger partial charge in [-0.25, -0.2) is 4.68 Å². The van der Waals surface area contributed by atoms with Crippen LogP contribution in [0.4, 0.5) is 0 Å². The third-order valence-corrected chi connectivity index (χ3v) is 5.71. The second-order valence-corrected chi connectivity index (χ2v) is 7.49. The molecule has 0 aliphatic heterocycles. The van der Waals surface area contributed by atoms with E-state index < -0.39 is 0 Å². The maximum absolute atomic E-state index is 5.48. The molecule has 0 bridgehead atoms. The van der Waals surface area contributed by atoms with Gasteiger partial charge in [0.05, 0.1) is 48.0 Å². The molecule has 3 aromatic heterocycles. The summed E-state index contributed by atoms with van der Waals surface area (Å²) in [6, 6.07) is 22.0. The fraction of sp³-hybridized carbons (Fsp3) is 0.240. The van der Waals surface area contributed by atoms with E-state index in [1.165, 1.54) is 0 Å². The lowest BCUT2D eigenvalue weighted by Gasteiger charge is -2.26. The van der Waals surface area contributed by atoms with E-state index in [0.717, 1.165) is 34.8 Å². The van der Waals surface area contributed by atoms with Crippen molar-refractivity contribution in [1.82, 2.24) is 19.7 Å². The summed E-state index contributed by atoms with van der Waals surface area (Å²) in [5.41, 5.74) is 4.23. The van der Waals surface area contributed by atoms with Gasteiger partial charge in [0.2, 0.25) is 11.8 Å². The van der Waals surface area contributed by atoms with Crippen molar-refractivity contribution < 1.29 is 9.47 Å². The van der Waals surface area contributed by atoms with Crippen LogP contribution in [0.1, 0.15) is 31.7 Å². The smallest absolute Gasteiger partial charge is 0.225 e. The first-order valence-corrected chi connectivity index (χ1v) is 10.3. The second-order valence-electron chi connectivity index (χ2n) is 7.49. The van der Waals surface area contributed by atoms with Crippen LogP contribution >= 0.6 is 0 Å². The van der Waals surface area contributed by atoms with Crippen LogP contribution < -0.4 is 9.47 Å². The Labute approximate surface area is 182 Å². The molecular formula is C25H26N4O2. The first-order valence-electron chi connectivity index (χ1n) is 10.3. The molecular weight excluding hydrogens is 388 g/mol. The van der Waals surface area contributed by atoms with E-state index in [4.69, 9.17) is 19.6 Å². The van der Waals surface area contributed by atoms with Crippen molar-refractivity contribution in [3.8, 4) is 28.7 Å². The van der Waals surface area contributed by atoms with Gasteiger partial charge in [-0.05, 0) is 49.7 Å². The molecule has 0 saturated heterocycles. The molecule has 0 radical (unpaired) electrons. The van der Waals surface area contributed by atoms with Gasteiger partial charge in [-0.3, -0.25) is 4.98 Å². The number of methoxy groups -OCH3 is 2. The number of rotatable bonds is 7. The van der Waals surface area contributed by atoms with Crippen molar-refractivity contribution in [1.29, 1.82) is 0 Å². The molecule has 4 aromatic rings. The quantitative estimate of drug-likeness (QED) is 0.423. The molecule has 0 spiro atoms. The number of ether oxygens (including phenoxy) is 2. The minimum Gasteiger partial charge on any atom is -0.481 e. The van der Waals surface area contributed by atoms with Crippen molar-refractivity contribution in [2.75, 3.05) is 14.2 Å². The number of nitrogens with zero attached hydrogens (tertiary/aromatic N) is 4. The van der Waals surface area contributed by atoms with Crippen molar-refractivity contribution in [3.05, 3.63) is 84.3 Å². The van der Waals surface area contributed by atoms with E-state index in [0.29, 0.717) is 11.8 Å². The van der Waals surface area contributed by atoms with Crippen LogP contribution in [0.2, 0.25) is 0 Å². The maximum atomic E-state index is 5.48. The fourth-order valence-electron chi connectivity index (χ4n) is 3.62. The van der Waals surface area contributed by atoms with Gasteiger partial charge < -0.3 is 9.47 Å². The maximum Gasteiger partial charge on any atom is 0.225 e. The van der Waals surface area contributed by atoms with Gasteiger partial charge in [0.25, 0.3) is 0 Å². The highest BCUT2D eigenvalue weighted by atomic mass is 16.5. The molecule has 6 heteroatoms. The number of hydrogen-bond donors (Lipinski definition) is 0. The summed E-state index contributed by atoms with van der Waals surface area (Å²) in [5, 5.41) is 4.88. The van der Waals surface area contributed by atoms with Crippen LogP contribution in [-0.2, 0) is 5.41 Å². The average molecular weight is 415 g/mol.